The maximum Gasteiger partial charge on any atom is 0.303 e. The van der Waals surface area contributed by atoms with Crippen LogP contribution in [-0.2, 0) is 19.0 Å². The number of carbonyl (C=O) groups is 1. The lowest BCUT2D eigenvalue weighted by molar-refractivity contribution is -0.297. The highest BCUT2D eigenvalue weighted by Gasteiger charge is 2.48. The number of phenolic OH excluding ortho intramolecular Hbond substituents is 4. The van der Waals surface area contributed by atoms with Crippen molar-refractivity contribution in [3.63, 3.8) is 0 Å². The van der Waals surface area contributed by atoms with E-state index in [1.165, 1.54) is 30.3 Å². The largest absolute Gasteiger partial charge is 0.571 e. The maximum absolute atomic E-state index is 11.4. The molecule has 0 spiro atoms. The summed E-state index contributed by atoms with van der Waals surface area (Å²) in [6.07, 6.45) is -7.13. The number of aliphatic hydroxyl groups excluding tert-OH is 3. The van der Waals surface area contributed by atoms with E-state index in [2.05, 4.69) is 4.74 Å². The molecule has 2 aliphatic heterocycles. The van der Waals surface area contributed by atoms with Gasteiger partial charge in [-0.15, -0.1) is 0 Å². The number of hydrogen-bond acceptors (Lipinski definition) is 11. The van der Waals surface area contributed by atoms with E-state index < -0.39 is 55.1 Å². The molecular weight excluding hydrogens is 468 g/mol. The molecule has 4 rings (SSSR count). The third-order valence-electron chi connectivity index (χ3n) is 5.64. The molecule has 2 heterocycles. The predicted octanol–water partition coefficient (Wildman–Crippen LogP) is 0.233. The van der Waals surface area contributed by atoms with Crippen LogP contribution in [0.25, 0.3) is 6.08 Å². The Kier molecular flexibility index (Phi) is 6.63. The molecule has 6 atom stereocenters. The first-order valence-electron chi connectivity index (χ1n) is 10.6. The van der Waals surface area contributed by atoms with Crippen molar-refractivity contribution < 1.29 is 59.5 Å². The monoisotopic (exact) mass is 493 g/mol. The second-order valence-corrected chi connectivity index (χ2v) is 8.12. The van der Waals surface area contributed by atoms with Gasteiger partial charge in [-0.25, -0.2) is 0 Å². The van der Waals surface area contributed by atoms with Crippen LogP contribution in [0, 0.1) is 0 Å². The Morgan fingerprint density at radius 1 is 1.03 bits per heavy atom. The summed E-state index contributed by atoms with van der Waals surface area (Å²) in [7, 11) is 0. The van der Waals surface area contributed by atoms with Crippen LogP contribution in [0.15, 0.2) is 36.1 Å². The molecule has 8 N–H and O–H groups in total. The van der Waals surface area contributed by atoms with Gasteiger partial charge in [0, 0.05) is 19.1 Å². The fraction of sp³-hybridized carbons (Fsp3) is 0.348. The highest BCUT2D eigenvalue weighted by atomic mass is 16.7. The smallest absolute Gasteiger partial charge is 0.303 e. The molecule has 0 aromatic heterocycles. The molecule has 2 aromatic carbocycles. The molecule has 12 heteroatoms. The number of aromatic hydroxyl groups is 5. The number of fused-ring (bicyclic) bond motifs is 1. The minimum absolute atomic E-state index is 0.00227. The van der Waals surface area contributed by atoms with Gasteiger partial charge in [-0.2, -0.15) is 0 Å². The van der Waals surface area contributed by atoms with Gasteiger partial charge in [-0.3, -0.25) is 4.79 Å². The van der Waals surface area contributed by atoms with E-state index in [0.717, 1.165) is 13.0 Å². The van der Waals surface area contributed by atoms with Gasteiger partial charge in [0.1, 0.15) is 35.4 Å². The molecule has 0 bridgehead atoms. The topological polar surface area (TPSA) is 199 Å². The van der Waals surface area contributed by atoms with Gasteiger partial charge in [-0.1, -0.05) is 0 Å². The van der Waals surface area contributed by atoms with Crippen LogP contribution in [0.4, 0.5) is 0 Å². The van der Waals surface area contributed by atoms with Gasteiger partial charge in [0.2, 0.25) is 6.29 Å². The number of aliphatic hydroxyl groups is 4. The molecule has 0 saturated carbocycles. The van der Waals surface area contributed by atoms with Gasteiger partial charge in [0.15, 0.2) is 23.4 Å². The number of hydrogen-bond donors (Lipinski definition) is 7. The van der Waals surface area contributed by atoms with Crippen molar-refractivity contribution in [2.45, 2.75) is 43.7 Å². The third kappa shape index (κ3) is 4.77. The standard InChI is InChI=1S/C23H24O12/c1-9(25)32-22-18(8-24)35-23(20(31)19(22)30)34-17-7-12-14(28)5-11(26)6-16(12)33-21(17)10-2-3-13(27)15(29)4-10/h2-7,18-24,26-31H,8H2,1H3/p+1. The first kappa shape index (κ1) is 24.4. The summed E-state index contributed by atoms with van der Waals surface area (Å²) in [6.45, 7) is 0.438. The molecule has 0 radical (unpaired) electrons. The summed E-state index contributed by atoms with van der Waals surface area (Å²) >= 11 is 0. The maximum atomic E-state index is 11.4. The van der Waals surface area contributed by atoms with E-state index in [4.69, 9.17) is 14.2 Å². The molecule has 12 nitrogen and oxygen atoms in total. The molecule has 1 saturated heterocycles. The van der Waals surface area contributed by atoms with E-state index in [1.807, 2.05) is 0 Å². The summed E-state index contributed by atoms with van der Waals surface area (Å²) in [5, 5.41) is 70.6. The Bertz CT molecular complexity index is 1140. The first-order valence-corrected chi connectivity index (χ1v) is 10.6. The zero-order valence-corrected chi connectivity index (χ0v) is 18.3. The van der Waals surface area contributed by atoms with Crippen LogP contribution < -0.4 is 0 Å². The molecule has 1 fully saturated rings. The zero-order valence-electron chi connectivity index (χ0n) is 18.3. The van der Waals surface area contributed by atoms with E-state index >= 15 is 0 Å². The van der Waals surface area contributed by atoms with Crippen LogP contribution in [0.5, 0.6) is 28.7 Å². The van der Waals surface area contributed by atoms with Gasteiger partial charge in [0.25, 0.3) is 11.9 Å². The number of esters is 1. The average molecular weight is 493 g/mol. The lowest BCUT2D eigenvalue weighted by Crippen LogP contribution is -2.60. The predicted molar refractivity (Wildman–Crippen MR) is 116 cm³/mol. The summed E-state index contributed by atoms with van der Waals surface area (Å²) in [5.41, 5.74) is 0.516. The average Bonchev–Trinajstić information content (AvgIpc) is 2.80. The quantitative estimate of drug-likeness (QED) is 0.171. The van der Waals surface area contributed by atoms with Gasteiger partial charge in [-0.05, 0) is 18.2 Å². The third-order valence-corrected chi connectivity index (χ3v) is 5.64. The zero-order chi connectivity index (χ0) is 25.4. The minimum atomic E-state index is -1.72. The van der Waals surface area contributed by atoms with Crippen LogP contribution in [0.1, 0.15) is 24.2 Å². The van der Waals surface area contributed by atoms with Crippen molar-refractivity contribution in [1.29, 1.82) is 0 Å². The van der Waals surface area contributed by atoms with Crippen LogP contribution in [0.3, 0.4) is 0 Å². The Balaban J connectivity index is 1.70. The lowest BCUT2D eigenvalue weighted by atomic mass is 9.98. The second-order valence-electron chi connectivity index (χ2n) is 8.12. The number of benzene rings is 2. The van der Waals surface area contributed by atoms with Gasteiger partial charge >= 0.3 is 5.97 Å². The Morgan fingerprint density at radius 3 is 2.43 bits per heavy atom. The van der Waals surface area contributed by atoms with Gasteiger partial charge < -0.3 is 54.7 Å². The van der Waals surface area contributed by atoms with Crippen molar-refractivity contribution in [1.82, 2.24) is 0 Å². The molecule has 0 amide bonds. The number of carbonyl (C=O) groups excluding carboxylic acids is 1. The summed E-state index contributed by atoms with van der Waals surface area (Å²) < 4.78 is 20.9. The van der Waals surface area contributed by atoms with Crippen LogP contribution in [0.2, 0.25) is 0 Å². The highest BCUT2D eigenvalue weighted by molar-refractivity contribution is 5.69. The van der Waals surface area contributed by atoms with Crippen molar-refractivity contribution in [2.24, 2.45) is 0 Å². The lowest BCUT2D eigenvalue weighted by Gasteiger charge is -2.41. The van der Waals surface area contributed by atoms with E-state index in [1.54, 1.807) is 0 Å². The van der Waals surface area contributed by atoms with Crippen molar-refractivity contribution in [3.05, 3.63) is 47.2 Å². The van der Waals surface area contributed by atoms with Crippen LogP contribution in [-0.4, -0.2) is 83.8 Å². The van der Waals surface area contributed by atoms with Gasteiger partial charge in [0.05, 0.1) is 18.2 Å². The Labute approximate surface area is 198 Å². The summed E-state index contributed by atoms with van der Waals surface area (Å²) in [6, 6.07) is 6.31. The Hall–Kier alpha value is -3.71. The fourth-order valence-electron chi connectivity index (χ4n) is 3.96. The summed E-state index contributed by atoms with van der Waals surface area (Å²) in [4.78, 5) is 11.4. The van der Waals surface area contributed by atoms with Crippen LogP contribution >= 0.6 is 0 Å². The summed E-state index contributed by atoms with van der Waals surface area (Å²) in [5.74, 6) is -1.92. The SMILES string of the molecule is CC(=O)OC1C(CO)OC(OC2=Cc3c(O)cc(O)cc3[OH+]C2c2ccc(O)c(O)c2)C(O)C1O. The minimum Gasteiger partial charge on any atom is -0.571 e. The van der Waals surface area contributed by atoms with Crippen molar-refractivity contribution in [2.75, 3.05) is 6.61 Å². The molecule has 35 heavy (non-hydrogen) atoms. The molecular formula is C23H25O12+. The second kappa shape index (κ2) is 9.50. The van der Waals surface area contributed by atoms with E-state index in [0.29, 0.717) is 5.56 Å². The molecule has 0 aliphatic carbocycles. The molecule has 2 aliphatic rings. The number of ether oxygens (including phenoxy) is 4. The number of phenols is 4. The van der Waals surface area contributed by atoms with E-state index in [9.17, 15) is 40.5 Å². The normalized spacial score (nSPS) is 27.8. The van der Waals surface area contributed by atoms with Crippen molar-refractivity contribution >= 4 is 12.0 Å². The number of rotatable bonds is 5. The molecule has 6 unspecified atom stereocenters. The Morgan fingerprint density at radius 2 is 1.77 bits per heavy atom. The highest BCUT2D eigenvalue weighted by Crippen LogP contribution is 2.46. The fourth-order valence-corrected chi connectivity index (χ4v) is 3.96. The molecule has 188 valence electrons. The van der Waals surface area contributed by atoms with E-state index in [-0.39, 0.29) is 34.3 Å². The molecule has 2 aromatic rings. The van der Waals surface area contributed by atoms with Crippen molar-refractivity contribution in [3.8, 4) is 28.7 Å². The first-order chi connectivity index (χ1) is 16.6.